The molecule has 2 aromatic carbocycles. The smallest absolute Gasteiger partial charge is 0.335 e. The first-order valence-corrected chi connectivity index (χ1v) is 9.12. The molecule has 130 valence electrons. The summed E-state index contributed by atoms with van der Waals surface area (Å²) in [5.74, 6) is -1.11. The van der Waals surface area contributed by atoms with E-state index < -0.39 is 16.0 Å². The molecule has 0 aromatic heterocycles. The highest BCUT2D eigenvalue weighted by Crippen LogP contribution is 2.24. The van der Waals surface area contributed by atoms with Crippen LogP contribution in [0.1, 0.15) is 23.2 Å². The number of carboxylic acid groups (broad SMARTS) is 1. The van der Waals surface area contributed by atoms with Gasteiger partial charge in [0, 0.05) is 24.3 Å². The zero-order valence-corrected chi connectivity index (χ0v) is 14.0. The number of aromatic carboxylic acids is 1. The van der Waals surface area contributed by atoms with E-state index in [0.29, 0.717) is 18.7 Å². The number of hydrogen-bond acceptors (Lipinski definition) is 4. The summed E-state index contributed by atoms with van der Waals surface area (Å²) < 4.78 is 27.2. The number of benzene rings is 2. The summed E-state index contributed by atoms with van der Waals surface area (Å²) in [5, 5.41) is 8.97. The Morgan fingerprint density at radius 3 is 2.44 bits per heavy atom. The van der Waals surface area contributed by atoms with Crippen LogP contribution in [0.25, 0.3) is 0 Å². The number of carbonyl (C=O) groups is 2. The maximum Gasteiger partial charge on any atom is 0.335 e. The number of anilines is 2. The number of hydrogen-bond donors (Lipinski definition) is 2. The molecular weight excluding hydrogens is 344 g/mol. The van der Waals surface area contributed by atoms with Crippen LogP contribution in [0.15, 0.2) is 53.4 Å². The van der Waals surface area contributed by atoms with E-state index in [2.05, 4.69) is 4.72 Å². The van der Waals surface area contributed by atoms with Gasteiger partial charge in [-0.05, 0) is 48.9 Å². The zero-order chi connectivity index (χ0) is 18.0. The molecule has 1 fully saturated rings. The van der Waals surface area contributed by atoms with Crippen LogP contribution in [0.2, 0.25) is 0 Å². The fourth-order valence-electron chi connectivity index (χ4n) is 2.66. The number of carbonyl (C=O) groups excluding carboxylic acids is 1. The molecule has 2 aromatic rings. The highest BCUT2D eigenvalue weighted by molar-refractivity contribution is 7.92. The standard InChI is InChI=1S/C17H16N2O5S/c20-16-5-2-10-19(16)14-6-8-15(9-7-14)25(23,24)18-13-4-1-3-12(11-13)17(21)22/h1,3-4,6-9,11,18H,2,5,10H2,(H,21,22). The second-order valence-electron chi connectivity index (χ2n) is 5.63. The van der Waals surface area contributed by atoms with E-state index in [-0.39, 0.29) is 22.1 Å². The molecule has 0 spiro atoms. The van der Waals surface area contributed by atoms with Crippen molar-refractivity contribution in [1.82, 2.24) is 0 Å². The van der Waals surface area contributed by atoms with Crippen LogP contribution in [-0.2, 0) is 14.8 Å². The Hall–Kier alpha value is -2.87. The molecule has 0 radical (unpaired) electrons. The van der Waals surface area contributed by atoms with Crippen molar-refractivity contribution in [2.45, 2.75) is 17.7 Å². The van der Waals surface area contributed by atoms with Crippen LogP contribution < -0.4 is 9.62 Å². The van der Waals surface area contributed by atoms with Gasteiger partial charge in [-0.3, -0.25) is 9.52 Å². The molecular formula is C17H16N2O5S. The first-order valence-electron chi connectivity index (χ1n) is 7.63. The molecule has 0 unspecified atom stereocenters. The summed E-state index contributed by atoms with van der Waals surface area (Å²) in [6.45, 7) is 0.630. The van der Waals surface area contributed by atoms with Crippen LogP contribution >= 0.6 is 0 Å². The predicted octanol–water partition coefficient (Wildman–Crippen LogP) is 2.31. The van der Waals surface area contributed by atoms with Crippen molar-refractivity contribution < 1.29 is 23.1 Å². The molecule has 1 amide bonds. The van der Waals surface area contributed by atoms with Gasteiger partial charge in [0.2, 0.25) is 5.91 Å². The van der Waals surface area contributed by atoms with Crippen LogP contribution in [0, 0.1) is 0 Å². The number of rotatable bonds is 5. The lowest BCUT2D eigenvalue weighted by atomic mass is 10.2. The molecule has 1 aliphatic heterocycles. The average Bonchev–Trinajstić information content (AvgIpc) is 3.01. The second-order valence-corrected chi connectivity index (χ2v) is 7.32. The summed E-state index contributed by atoms with van der Waals surface area (Å²) in [4.78, 5) is 24.4. The van der Waals surface area contributed by atoms with Gasteiger partial charge in [-0.2, -0.15) is 0 Å². The fraction of sp³-hybridized carbons (Fsp3) is 0.176. The maximum absolute atomic E-state index is 12.4. The Balaban J connectivity index is 1.81. The lowest BCUT2D eigenvalue weighted by molar-refractivity contribution is -0.117. The number of carboxylic acids is 1. The Labute approximate surface area is 144 Å². The van der Waals surface area contributed by atoms with E-state index in [1.807, 2.05) is 0 Å². The monoisotopic (exact) mass is 360 g/mol. The minimum Gasteiger partial charge on any atom is -0.478 e. The topological polar surface area (TPSA) is 104 Å². The molecule has 0 saturated carbocycles. The zero-order valence-electron chi connectivity index (χ0n) is 13.2. The summed E-state index contributed by atoms with van der Waals surface area (Å²) >= 11 is 0. The number of nitrogens with one attached hydrogen (secondary N) is 1. The molecule has 0 atom stereocenters. The molecule has 0 bridgehead atoms. The molecule has 1 aliphatic rings. The third-order valence-electron chi connectivity index (χ3n) is 3.89. The summed E-state index contributed by atoms with van der Waals surface area (Å²) in [5.41, 5.74) is 0.816. The molecule has 7 nitrogen and oxygen atoms in total. The van der Waals surface area contributed by atoms with Crippen LogP contribution in [0.5, 0.6) is 0 Å². The van der Waals surface area contributed by atoms with Crippen molar-refractivity contribution in [2.24, 2.45) is 0 Å². The third-order valence-corrected chi connectivity index (χ3v) is 5.29. The van der Waals surface area contributed by atoms with Gasteiger partial charge in [0.25, 0.3) is 10.0 Å². The van der Waals surface area contributed by atoms with E-state index in [4.69, 9.17) is 5.11 Å². The first-order chi connectivity index (χ1) is 11.9. The van der Waals surface area contributed by atoms with Crippen LogP contribution in [-0.4, -0.2) is 31.9 Å². The quantitative estimate of drug-likeness (QED) is 0.851. The van der Waals surface area contributed by atoms with Gasteiger partial charge >= 0.3 is 5.97 Å². The van der Waals surface area contributed by atoms with Gasteiger partial charge in [-0.15, -0.1) is 0 Å². The van der Waals surface area contributed by atoms with E-state index in [0.717, 1.165) is 6.42 Å². The maximum atomic E-state index is 12.4. The third kappa shape index (κ3) is 3.63. The normalized spacial score (nSPS) is 14.6. The van der Waals surface area contributed by atoms with Gasteiger partial charge in [-0.1, -0.05) is 6.07 Å². The highest BCUT2D eigenvalue weighted by atomic mass is 32.2. The first kappa shape index (κ1) is 17.0. The van der Waals surface area contributed by atoms with Crippen molar-refractivity contribution in [2.75, 3.05) is 16.2 Å². The van der Waals surface area contributed by atoms with E-state index in [1.54, 1.807) is 17.0 Å². The van der Waals surface area contributed by atoms with Gasteiger partial charge in [-0.25, -0.2) is 13.2 Å². The minimum atomic E-state index is -3.86. The fourth-order valence-corrected chi connectivity index (χ4v) is 3.71. The van der Waals surface area contributed by atoms with Gasteiger partial charge in [0.1, 0.15) is 0 Å². The van der Waals surface area contributed by atoms with E-state index in [9.17, 15) is 18.0 Å². The van der Waals surface area contributed by atoms with Crippen molar-refractivity contribution in [3.63, 3.8) is 0 Å². The molecule has 3 rings (SSSR count). The summed E-state index contributed by atoms with van der Waals surface area (Å²) in [6.07, 6.45) is 1.29. The highest BCUT2D eigenvalue weighted by Gasteiger charge is 2.22. The molecule has 1 saturated heterocycles. The number of sulfonamides is 1. The van der Waals surface area contributed by atoms with Crippen LogP contribution in [0.3, 0.4) is 0 Å². The van der Waals surface area contributed by atoms with E-state index >= 15 is 0 Å². The Morgan fingerprint density at radius 2 is 1.84 bits per heavy atom. The van der Waals surface area contributed by atoms with E-state index in [1.165, 1.54) is 36.4 Å². The molecule has 8 heteroatoms. The molecule has 0 aliphatic carbocycles. The largest absolute Gasteiger partial charge is 0.478 e. The Morgan fingerprint density at radius 1 is 1.12 bits per heavy atom. The average molecular weight is 360 g/mol. The number of nitrogens with zero attached hydrogens (tertiary/aromatic N) is 1. The van der Waals surface area contributed by atoms with Crippen molar-refractivity contribution in [3.05, 3.63) is 54.1 Å². The molecule has 2 N–H and O–H groups in total. The van der Waals surface area contributed by atoms with Gasteiger partial charge in [0.05, 0.1) is 10.5 Å². The Bertz CT molecular complexity index is 922. The van der Waals surface area contributed by atoms with Gasteiger partial charge in [0.15, 0.2) is 0 Å². The summed E-state index contributed by atoms with van der Waals surface area (Å²) in [6, 6.07) is 11.6. The van der Waals surface area contributed by atoms with Crippen molar-refractivity contribution in [3.8, 4) is 0 Å². The SMILES string of the molecule is O=C(O)c1cccc(NS(=O)(=O)c2ccc(N3CCCC3=O)cc2)c1. The molecule has 25 heavy (non-hydrogen) atoms. The van der Waals surface area contributed by atoms with Crippen molar-refractivity contribution in [1.29, 1.82) is 0 Å². The lowest BCUT2D eigenvalue weighted by Crippen LogP contribution is -2.23. The Kier molecular flexibility index (Phi) is 4.45. The number of amides is 1. The van der Waals surface area contributed by atoms with Crippen LogP contribution in [0.4, 0.5) is 11.4 Å². The van der Waals surface area contributed by atoms with Gasteiger partial charge < -0.3 is 10.0 Å². The lowest BCUT2D eigenvalue weighted by Gasteiger charge is -2.16. The molecule has 1 heterocycles. The van der Waals surface area contributed by atoms with Crippen molar-refractivity contribution >= 4 is 33.3 Å². The minimum absolute atomic E-state index is 0.0110. The second kappa shape index (κ2) is 6.56. The summed E-state index contributed by atoms with van der Waals surface area (Å²) in [7, 11) is -3.86. The predicted molar refractivity (Wildman–Crippen MR) is 92.2 cm³/mol.